The number of allylic oxidation sites excluding steroid dienone is 1. The smallest absolute Gasteiger partial charge is 0.173 e. The number of carbonyl (C=O) groups excluding carboxylic acids is 1. The number of benzene rings is 3. The van der Waals surface area contributed by atoms with Gasteiger partial charge >= 0.3 is 0 Å². The number of Topliss-reactive ketones (excluding diaryl/α,β-unsaturated/α-hetero) is 1. The molecule has 6 heteroatoms. The largest absolute Gasteiger partial charge is 0.503 e. The van der Waals surface area contributed by atoms with Crippen LogP contribution in [0.25, 0.3) is 16.3 Å². The van der Waals surface area contributed by atoms with Gasteiger partial charge in [-0.25, -0.2) is 0 Å². The topological polar surface area (TPSA) is 58.6 Å². The number of methoxy groups -OCH3 is 1. The molecule has 3 aromatic carbocycles. The lowest BCUT2D eigenvalue weighted by molar-refractivity contribution is -0.118. The number of halogens is 2. The number of aromatic hydroxyl groups is 1. The number of hydrogen-bond acceptors (Lipinski definition) is 4. The molecule has 5 rings (SSSR count). The first-order valence-electron chi connectivity index (χ1n) is 10.5. The Morgan fingerprint density at radius 1 is 1.09 bits per heavy atom. The van der Waals surface area contributed by atoms with Gasteiger partial charge in [-0.1, -0.05) is 44.2 Å². The van der Waals surface area contributed by atoms with Gasteiger partial charge in [-0.05, 0) is 77.7 Å². The summed E-state index contributed by atoms with van der Waals surface area (Å²) in [5.74, 6) is 0.532. The van der Waals surface area contributed by atoms with Gasteiger partial charge in [0.05, 0.1) is 17.6 Å². The second-order valence-corrected chi connectivity index (χ2v) is 10.9. The van der Waals surface area contributed by atoms with Gasteiger partial charge < -0.3 is 15.2 Å². The quantitative estimate of drug-likeness (QED) is 0.345. The average molecular weight is 557 g/mol. The van der Waals surface area contributed by atoms with Crippen LogP contribution in [-0.2, 0) is 4.79 Å². The maximum Gasteiger partial charge on any atom is 0.173 e. The van der Waals surface area contributed by atoms with Crippen LogP contribution in [0, 0.1) is 5.41 Å². The van der Waals surface area contributed by atoms with E-state index in [-0.39, 0.29) is 23.0 Å². The predicted molar refractivity (Wildman–Crippen MR) is 135 cm³/mol. The zero-order chi connectivity index (χ0) is 22.8. The lowest BCUT2D eigenvalue weighted by Crippen LogP contribution is -2.33. The van der Waals surface area contributed by atoms with Crippen LogP contribution in [0.5, 0.6) is 11.5 Å². The number of rotatable bonds is 2. The Kier molecular flexibility index (Phi) is 5.13. The van der Waals surface area contributed by atoms with Gasteiger partial charge in [-0.2, -0.15) is 0 Å². The molecule has 2 aliphatic rings. The van der Waals surface area contributed by atoms with E-state index in [1.54, 1.807) is 6.07 Å². The van der Waals surface area contributed by atoms with Crippen molar-refractivity contribution in [1.29, 1.82) is 0 Å². The van der Waals surface area contributed by atoms with Crippen molar-refractivity contribution >= 4 is 59.7 Å². The summed E-state index contributed by atoms with van der Waals surface area (Å²) < 4.78 is 6.61. The van der Waals surface area contributed by atoms with E-state index in [9.17, 15) is 9.90 Å². The first kappa shape index (κ1) is 21.5. The highest BCUT2D eigenvalue weighted by molar-refractivity contribution is 9.13. The zero-order valence-electron chi connectivity index (χ0n) is 18.1. The standard InChI is InChI=1S/C26H23Br2NO3/c1-26(2)11-16-20-14-7-5-4-6-13(14)8-9-17(20)29-24(21(16)18(30)12-26)15-10-19(32-3)25(31)23(28)22(15)27/h4-10,24,29,31H,11-12H2,1-3H3/t24-/m1/s1. The van der Waals surface area contributed by atoms with E-state index < -0.39 is 0 Å². The fourth-order valence-corrected chi connectivity index (χ4v) is 6.00. The number of hydrogen-bond donors (Lipinski definition) is 2. The van der Waals surface area contributed by atoms with Crippen molar-refractivity contribution in [3.8, 4) is 11.5 Å². The molecule has 2 N–H and O–H groups in total. The predicted octanol–water partition coefficient (Wildman–Crippen LogP) is 7.39. The minimum atomic E-state index is -0.359. The highest BCUT2D eigenvalue weighted by Gasteiger charge is 2.41. The summed E-state index contributed by atoms with van der Waals surface area (Å²) >= 11 is 7.10. The van der Waals surface area contributed by atoms with Crippen molar-refractivity contribution in [2.75, 3.05) is 12.4 Å². The molecule has 1 aliphatic carbocycles. The normalized spacial score (nSPS) is 19.4. The van der Waals surface area contributed by atoms with Crippen molar-refractivity contribution in [2.24, 2.45) is 5.41 Å². The van der Waals surface area contributed by atoms with Crippen molar-refractivity contribution in [3.05, 3.63) is 68.1 Å². The number of phenols is 1. The van der Waals surface area contributed by atoms with Crippen LogP contribution in [0.2, 0.25) is 0 Å². The van der Waals surface area contributed by atoms with E-state index in [0.29, 0.717) is 21.1 Å². The molecule has 0 saturated heterocycles. The molecule has 3 aromatic rings. The van der Waals surface area contributed by atoms with Crippen LogP contribution in [-0.4, -0.2) is 18.0 Å². The fraction of sp³-hybridized carbons (Fsp3) is 0.269. The van der Waals surface area contributed by atoms with Crippen LogP contribution >= 0.6 is 31.9 Å². The summed E-state index contributed by atoms with van der Waals surface area (Å²) in [6.45, 7) is 4.32. The van der Waals surface area contributed by atoms with E-state index >= 15 is 0 Å². The maximum atomic E-state index is 13.6. The first-order valence-corrected chi connectivity index (χ1v) is 12.1. The van der Waals surface area contributed by atoms with E-state index in [2.05, 4.69) is 75.3 Å². The van der Waals surface area contributed by atoms with Crippen LogP contribution in [0.15, 0.2) is 57.0 Å². The Labute approximate surface area is 203 Å². The van der Waals surface area contributed by atoms with E-state index in [1.807, 2.05) is 12.1 Å². The van der Waals surface area contributed by atoms with E-state index in [4.69, 9.17) is 4.74 Å². The molecular weight excluding hydrogens is 534 g/mol. The van der Waals surface area contributed by atoms with Gasteiger partial charge in [-0.15, -0.1) is 0 Å². The first-order chi connectivity index (χ1) is 15.2. The summed E-state index contributed by atoms with van der Waals surface area (Å²) in [4.78, 5) is 13.6. The molecule has 0 radical (unpaired) electrons. The molecule has 0 fully saturated rings. The van der Waals surface area contributed by atoms with Crippen molar-refractivity contribution < 1.29 is 14.6 Å². The number of fused-ring (bicyclic) bond motifs is 4. The van der Waals surface area contributed by atoms with Gasteiger partial charge in [0.25, 0.3) is 0 Å². The maximum absolute atomic E-state index is 13.6. The SMILES string of the molecule is COc1cc([C@H]2Nc3ccc4ccccc4c3C3=C2C(=O)CC(C)(C)C3)c(Br)c(Br)c1O. The summed E-state index contributed by atoms with van der Waals surface area (Å²) in [5, 5.41) is 16.4. The molecule has 0 bridgehead atoms. The van der Waals surface area contributed by atoms with Gasteiger partial charge in [0.15, 0.2) is 17.3 Å². The lowest BCUT2D eigenvalue weighted by Gasteiger charge is -2.40. The third-order valence-electron chi connectivity index (χ3n) is 6.44. The highest BCUT2D eigenvalue weighted by Crippen LogP contribution is 2.54. The van der Waals surface area contributed by atoms with Crippen LogP contribution in [0.4, 0.5) is 5.69 Å². The molecule has 0 saturated carbocycles. The number of ether oxygens (including phenoxy) is 1. The lowest BCUT2D eigenvalue weighted by atomic mass is 9.68. The van der Waals surface area contributed by atoms with E-state index in [0.717, 1.165) is 45.2 Å². The van der Waals surface area contributed by atoms with Crippen LogP contribution < -0.4 is 10.1 Å². The highest BCUT2D eigenvalue weighted by atomic mass is 79.9. The molecule has 1 atom stereocenters. The zero-order valence-corrected chi connectivity index (χ0v) is 21.2. The molecule has 0 unspecified atom stereocenters. The Bertz CT molecular complexity index is 1330. The molecular formula is C26H23Br2NO3. The molecule has 0 amide bonds. The number of ketones is 1. The Morgan fingerprint density at radius 2 is 1.84 bits per heavy atom. The number of phenolic OH excluding ortho intramolecular Hbond substituents is 1. The van der Waals surface area contributed by atoms with Crippen LogP contribution in [0.1, 0.15) is 43.9 Å². The number of anilines is 1. The molecule has 0 spiro atoms. The Morgan fingerprint density at radius 3 is 2.59 bits per heavy atom. The van der Waals surface area contributed by atoms with Crippen LogP contribution in [0.3, 0.4) is 0 Å². The Balaban J connectivity index is 1.82. The van der Waals surface area contributed by atoms with Crippen molar-refractivity contribution in [3.63, 3.8) is 0 Å². The van der Waals surface area contributed by atoms with Gasteiger partial charge in [0.1, 0.15) is 0 Å². The summed E-state index contributed by atoms with van der Waals surface area (Å²) in [5.41, 5.74) is 4.76. The summed E-state index contributed by atoms with van der Waals surface area (Å²) in [6, 6.07) is 14.0. The van der Waals surface area contributed by atoms with Crippen molar-refractivity contribution in [1.82, 2.24) is 0 Å². The second kappa shape index (κ2) is 7.63. The molecule has 0 aromatic heterocycles. The fourth-order valence-electron chi connectivity index (χ4n) is 5.05. The van der Waals surface area contributed by atoms with Gasteiger partial charge in [0.2, 0.25) is 0 Å². The number of carbonyl (C=O) groups is 1. The molecule has 1 heterocycles. The monoisotopic (exact) mass is 555 g/mol. The second-order valence-electron chi connectivity index (χ2n) is 9.26. The minimum Gasteiger partial charge on any atom is -0.503 e. The summed E-state index contributed by atoms with van der Waals surface area (Å²) in [6.07, 6.45) is 1.32. The van der Waals surface area contributed by atoms with Gasteiger partial charge in [0, 0.05) is 27.7 Å². The average Bonchev–Trinajstić information content (AvgIpc) is 2.76. The molecule has 1 aliphatic heterocycles. The molecule has 4 nitrogen and oxygen atoms in total. The third-order valence-corrected chi connectivity index (χ3v) is 8.60. The van der Waals surface area contributed by atoms with Gasteiger partial charge in [-0.3, -0.25) is 4.79 Å². The van der Waals surface area contributed by atoms with Crippen molar-refractivity contribution in [2.45, 2.75) is 32.7 Å². The molecule has 164 valence electrons. The van der Waals surface area contributed by atoms with E-state index in [1.165, 1.54) is 7.11 Å². The third kappa shape index (κ3) is 3.27. The molecule has 32 heavy (non-hydrogen) atoms. The number of nitrogens with one attached hydrogen (secondary N) is 1. The minimum absolute atomic E-state index is 0.0237. The summed E-state index contributed by atoms with van der Waals surface area (Å²) in [7, 11) is 1.52. The Hall–Kier alpha value is -2.31.